The molecule has 0 radical (unpaired) electrons. The van der Waals surface area contributed by atoms with E-state index in [1.165, 1.54) is 0 Å². The molecule has 2 heterocycles. The monoisotopic (exact) mass is 362 g/mol. The van der Waals surface area contributed by atoms with Crippen LogP contribution in [0, 0.1) is 16.0 Å². The molecule has 25 heavy (non-hydrogen) atoms. The molecule has 0 saturated carbocycles. The Kier molecular flexibility index (Phi) is 4.89. The van der Waals surface area contributed by atoms with Crippen LogP contribution in [0.3, 0.4) is 0 Å². The van der Waals surface area contributed by atoms with Gasteiger partial charge in [-0.3, -0.25) is 10.1 Å². The normalized spacial score (nSPS) is 17.4. The van der Waals surface area contributed by atoms with Crippen molar-refractivity contribution < 1.29 is 4.92 Å². The summed E-state index contributed by atoms with van der Waals surface area (Å²) in [6.07, 6.45) is 2.17. The first kappa shape index (κ1) is 17.2. The fraction of sp³-hybridized carbons (Fsp3) is 0.375. The fourth-order valence-corrected chi connectivity index (χ4v) is 3.13. The second kappa shape index (κ2) is 7.10. The van der Waals surface area contributed by atoms with Crippen LogP contribution in [0.1, 0.15) is 19.8 Å². The number of aromatic nitrogens is 2. The average Bonchev–Trinajstić information content (AvgIpc) is 2.54. The zero-order valence-corrected chi connectivity index (χ0v) is 14.5. The number of nitrogens with one attached hydrogen (secondary N) is 1. The van der Waals surface area contributed by atoms with Gasteiger partial charge in [0.25, 0.3) is 0 Å². The van der Waals surface area contributed by atoms with Crippen molar-refractivity contribution in [3.05, 3.63) is 39.4 Å². The summed E-state index contributed by atoms with van der Waals surface area (Å²) >= 11 is 5.97. The van der Waals surface area contributed by atoms with E-state index in [4.69, 9.17) is 17.3 Å². The van der Waals surface area contributed by atoms with Crippen LogP contribution < -0.4 is 16.0 Å². The van der Waals surface area contributed by atoms with E-state index in [2.05, 4.69) is 22.2 Å². The number of nitrogens with zero attached hydrogens (tertiary/aromatic N) is 4. The first-order chi connectivity index (χ1) is 11.9. The number of nitrogen functional groups attached to an aromatic ring is 1. The summed E-state index contributed by atoms with van der Waals surface area (Å²) in [5.41, 5.74) is 6.11. The van der Waals surface area contributed by atoms with Gasteiger partial charge in [0.2, 0.25) is 17.6 Å². The zero-order chi connectivity index (χ0) is 18.0. The molecule has 8 nitrogen and oxygen atoms in total. The van der Waals surface area contributed by atoms with Crippen LogP contribution in [0.5, 0.6) is 0 Å². The van der Waals surface area contributed by atoms with Crippen molar-refractivity contribution in [2.24, 2.45) is 5.92 Å². The smallest absolute Gasteiger partial charge is 0.353 e. The number of nitro groups is 1. The predicted molar refractivity (Wildman–Crippen MR) is 98.4 cm³/mol. The molecule has 0 unspecified atom stereocenters. The molecule has 0 aliphatic carbocycles. The molecular formula is C16H19ClN6O2. The lowest BCUT2D eigenvalue weighted by Crippen LogP contribution is -2.35. The number of piperidine rings is 1. The molecule has 1 saturated heterocycles. The number of hydrogen-bond donors (Lipinski definition) is 2. The van der Waals surface area contributed by atoms with Crippen molar-refractivity contribution in [2.45, 2.75) is 19.8 Å². The molecule has 0 amide bonds. The van der Waals surface area contributed by atoms with Crippen LogP contribution in [0.2, 0.25) is 5.02 Å². The Bertz CT molecular complexity index is 800. The third-order valence-electron chi connectivity index (χ3n) is 4.11. The number of nitrogens with two attached hydrogens (primary N) is 1. The van der Waals surface area contributed by atoms with Crippen LogP contribution in [0.4, 0.5) is 29.0 Å². The molecule has 0 bridgehead atoms. The maximum absolute atomic E-state index is 11.4. The predicted octanol–water partition coefficient (Wildman–Crippen LogP) is 3.60. The van der Waals surface area contributed by atoms with Gasteiger partial charge in [-0.2, -0.15) is 9.97 Å². The molecular weight excluding hydrogens is 344 g/mol. The van der Waals surface area contributed by atoms with E-state index in [1.807, 2.05) is 4.90 Å². The number of rotatable bonds is 4. The molecule has 2 aromatic rings. The highest BCUT2D eigenvalue weighted by Gasteiger charge is 2.26. The van der Waals surface area contributed by atoms with E-state index in [1.54, 1.807) is 24.3 Å². The molecule has 1 aromatic carbocycles. The zero-order valence-electron chi connectivity index (χ0n) is 13.8. The second-order valence-electron chi connectivity index (χ2n) is 6.19. The van der Waals surface area contributed by atoms with Gasteiger partial charge in [0, 0.05) is 23.8 Å². The van der Waals surface area contributed by atoms with Gasteiger partial charge < -0.3 is 16.0 Å². The Morgan fingerprint density at radius 2 is 2.24 bits per heavy atom. The van der Waals surface area contributed by atoms with Gasteiger partial charge in [-0.1, -0.05) is 24.6 Å². The lowest BCUT2D eigenvalue weighted by atomic mass is 10.0. The maximum atomic E-state index is 11.4. The van der Waals surface area contributed by atoms with Crippen LogP contribution in [0.15, 0.2) is 24.3 Å². The Labute approximate surface area is 150 Å². The minimum atomic E-state index is -0.579. The number of halogens is 1. The number of benzene rings is 1. The molecule has 9 heteroatoms. The van der Waals surface area contributed by atoms with Crippen molar-refractivity contribution in [1.82, 2.24) is 9.97 Å². The lowest BCUT2D eigenvalue weighted by molar-refractivity contribution is -0.383. The van der Waals surface area contributed by atoms with Crippen molar-refractivity contribution >= 4 is 40.6 Å². The fourth-order valence-electron chi connectivity index (χ4n) is 2.94. The highest BCUT2D eigenvalue weighted by Crippen LogP contribution is 2.33. The molecule has 3 rings (SSSR count). The van der Waals surface area contributed by atoms with Gasteiger partial charge in [0.15, 0.2) is 0 Å². The summed E-state index contributed by atoms with van der Waals surface area (Å²) in [5.74, 6) is 0.822. The molecule has 0 spiro atoms. The minimum absolute atomic E-state index is 0.0630. The summed E-state index contributed by atoms with van der Waals surface area (Å²) < 4.78 is 0. The summed E-state index contributed by atoms with van der Waals surface area (Å²) in [6, 6.07) is 6.87. The summed E-state index contributed by atoms with van der Waals surface area (Å²) in [4.78, 5) is 21.4. The third kappa shape index (κ3) is 3.90. The van der Waals surface area contributed by atoms with E-state index >= 15 is 0 Å². The van der Waals surface area contributed by atoms with Crippen molar-refractivity contribution in [3.63, 3.8) is 0 Å². The highest BCUT2D eigenvalue weighted by atomic mass is 35.5. The molecule has 1 fully saturated rings. The maximum Gasteiger partial charge on any atom is 0.353 e. The van der Waals surface area contributed by atoms with Gasteiger partial charge >= 0.3 is 5.69 Å². The number of hydrogen-bond acceptors (Lipinski definition) is 7. The van der Waals surface area contributed by atoms with Gasteiger partial charge in [-0.25, -0.2) is 0 Å². The second-order valence-corrected chi connectivity index (χ2v) is 6.63. The first-order valence-electron chi connectivity index (χ1n) is 8.03. The molecule has 3 N–H and O–H groups in total. The quantitative estimate of drug-likeness (QED) is 0.631. The Balaban J connectivity index is 2.00. The van der Waals surface area contributed by atoms with Crippen molar-refractivity contribution in [3.8, 4) is 0 Å². The van der Waals surface area contributed by atoms with E-state index in [0.29, 0.717) is 22.6 Å². The highest BCUT2D eigenvalue weighted by molar-refractivity contribution is 6.30. The van der Waals surface area contributed by atoms with Crippen molar-refractivity contribution in [1.29, 1.82) is 0 Å². The molecule has 1 aromatic heterocycles. The van der Waals surface area contributed by atoms with E-state index < -0.39 is 4.92 Å². The lowest BCUT2D eigenvalue weighted by Gasteiger charge is -2.31. The van der Waals surface area contributed by atoms with Crippen LogP contribution in [-0.2, 0) is 0 Å². The Morgan fingerprint density at radius 1 is 1.44 bits per heavy atom. The molecule has 1 aliphatic heterocycles. The van der Waals surface area contributed by atoms with Gasteiger partial charge in [0.1, 0.15) is 0 Å². The van der Waals surface area contributed by atoms with E-state index in [0.717, 1.165) is 25.9 Å². The van der Waals surface area contributed by atoms with E-state index in [-0.39, 0.29) is 17.3 Å². The third-order valence-corrected chi connectivity index (χ3v) is 4.34. The van der Waals surface area contributed by atoms with Crippen LogP contribution in [0.25, 0.3) is 0 Å². The molecule has 132 valence electrons. The largest absolute Gasteiger partial charge is 0.378 e. The Hall–Kier alpha value is -2.61. The van der Waals surface area contributed by atoms with Crippen LogP contribution >= 0.6 is 11.6 Å². The Morgan fingerprint density at radius 3 is 2.92 bits per heavy atom. The van der Waals surface area contributed by atoms with Gasteiger partial charge in [-0.05, 0) is 37.0 Å². The van der Waals surface area contributed by atoms with Gasteiger partial charge in [-0.15, -0.1) is 0 Å². The average molecular weight is 363 g/mol. The summed E-state index contributed by atoms with van der Waals surface area (Å²) in [7, 11) is 0. The SMILES string of the molecule is C[C@H]1CCCN(c2nc(N)c([N+](=O)[O-])c(Nc3cccc(Cl)c3)n2)C1. The topological polar surface area (TPSA) is 110 Å². The van der Waals surface area contributed by atoms with Gasteiger partial charge in [0.05, 0.1) is 4.92 Å². The number of anilines is 4. The summed E-state index contributed by atoms with van der Waals surface area (Å²) in [5, 5.41) is 14.9. The first-order valence-corrected chi connectivity index (χ1v) is 8.41. The minimum Gasteiger partial charge on any atom is -0.378 e. The molecule has 1 atom stereocenters. The van der Waals surface area contributed by atoms with E-state index in [9.17, 15) is 10.1 Å². The molecule has 1 aliphatic rings. The van der Waals surface area contributed by atoms with Crippen LogP contribution in [-0.4, -0.2) is 28.0 Å². The summed E-state index contributed by atoms with van der Waals surface area (Å²) in [6.45, 7) is 3.76. The standard InChI is InChI=1S/C16H19ClN6O2/c1-10-4-3-7-22(9-10)16-20-14(18)13(23(24)25)15(21-16)19-12-6-2-5-11(17)8-12/h2,5-6,8,10H,3-4,7,9H2,1H3,(H3,18,19,20,21)/t10-/m0/s1. The van der Waals surface area contributed by atoms with Crippen molar-refractivity contribution in [2.75, 3.05) is 29.0 Å².